The number of nitrogens with two attached hydrogens (primary N) is 1. The average Bonchev–Trinajstić information content (AvgIpc) is 2.78. The second kappa shape index (κ2) is 4.64. The van der Waals surface area contributed by atoms with Gasteiger partial charge in [-0.2, -0.15) is 5.10 Å². The first-order valence-corrected chi connectivity index (χ1v) is 6.81. The number of Topliss-reactive ketones (excluding diaryl/α,β-unsaturated/α-hetero) is 1. The van der Waals surface area contributed by atoms with Crippen molar-refractivity contribution in [3.63, 3.8) is 0 Å². The fraction of sp³-hybridized carbons (Fsp3) is 0.500. The summed E-state index contributed by atoms with van der Waals surface area (Å²) in [6.07, 6.45) is 6.93. The molecule has 100 valence electrons. The van der Waals surface area contributed by atoms with Crippen molar-refractivity contribution in [1.82, 2.24) is 14.6 Å². The zero-order valence-corrected chi connectivity index (χ0v) is 11.1. The minimum Gasteiger partial charge on any atom is -0.382 e. The van der Waals surface area contributed by atoms with Crippen LogP contribution in [0.5, 0.6) is 0 Å². The summed E-state index contributed by atoms with van der Waals surface area (Å²) in [7, 11) is 0. The van der Waals surface area contributed by atoms with Gasteiger partial charge in [-0.15, -0.1) is 0 Å². The van der Waals surface area contributed by atoms with E-state index in [-0.39, 0.29) is 11.7 Å². The Hall–Kier alpha value is -1.91. The molecule has 0 bridgehead atoms. The van der Waals surface area contributed by atoms with Crippen molar-refractivity contribution in [2.75, 3.05) is 5.73 Å². The number of carbonyl (C=O) groups excluding carboxylic acids is 1. The molecule has 0 aliphatic heterocycles. The Labute approximate surface area is 111 Å². The van der Waals surface area contributed by atoms with Crippen LogP contribution in [-0.2, 0) is 0 Å². The van der Waals surface area contributed by atoms with E-state index in [0.717, 1.165) is 36.8 Å². The molecule has 5 nitrogen and oxygen atoms in total. The molecule has 0 radical (unpaired) electrons. The summed E-state index contributed by atoms with van der Waals surface area (Å²) >= 11 is 0. The van der Waals surface area contributed by atoms with Gasteiger partial charge in [0.2, 0.25) is 0 Å². The monoisotopic (exact) mass is 258 g/mol. The van der Waals surface area contributed by atoms with E-state index in [1.807, 2.05) is 13.0 Å². The number of hydrogen-bond acceptors (Lipinski definition) is 4. The highest BCUT2D eigenvalue weighted by Crippen LogP contribution is 2.28. The second-order valence-corrected chi connectivity index (χ2v) is 5.32. The number of aryl methyl sites for hydroxylation is 1. The topological polar surface area (TPSA) is 73.3 Å². The SMILES string of the molecule is Cc1cc(C(=O)C2CCCCC2)n2ncnc(N)c12. The molecule has 0 amide bonds. The number of rotatable bonds is 2. The van der Waals surface area contributed by atoms with Gasteiger partial charge < -0.3 is 5.73 Å². The summed E-state index contributed by atoms with van der Waals surface area (Å²) in [5, 5.41) is 4.18. The van der Waals surface area contributed by atoms with Crippen LogP contribution in [0.1, 0.15) is 48.2 Å². The smallest absolute Gasteiger partial charge is 0.184 e. The highest BCUT2D eigenvalue weighted by Gasteiger charge is 2.26. The van der Waals surface area contributed by atoms with E-state index in [2.05, 4.69) is 10.1 Å². The van der Waals surface area contributed by atoms with Crippen molar-refractivity contribution < 1.29 is 4.79 Å². The first-order valence-electron chi connectivity index (χ1n) is 6.81. The minimum atomic E-state index is 0.141. The molecule has 3 rings (SSSR count). The van der Waals surface area contributed by atoms with Crippen LogP contribution in [-0.4, -0.2) is 20.4 Å². The number of fused-ring (bicyclic) bond motifs is 1. The molecule has 0 atom stereocenters. The normalized spacial score (nSPS) is 16.9. The zero-order valence-electron chi connectivity index (χ0n) is 11.1. The Morgan fingerprint density at radius 1 is 1.37 bits per heavy atom. The summed E-state index contributed by atoms with van der Waals surface area (Å²) in [5.74, 6) is 0.763. The molecule has 0 spiro atoms. The molecular weight excluding hydrogens is 240 g/mol. The van der Waals surface area contributed by atoms with Gasteiger partial charge in [-0.3, -0.25) is 4.79 Å². The number of nitrogen functional groups attached to an aromatic ring is 1. The van der Waals surface area contributed by atoms with E-state index < -0.39 is 0 Å². The highest BCUT2D eigenvalue weighted by atomic mass is 16.1. The lowest BCUT2D eigenvalue weighted by Crippen LogP contribution is -2.20. The van der Waals surface area contributed by atoms with Crippen LogP contribution < -0.4 is 5.73 Å². The van der Waals surface area contributed by atoms with E-state index in [9.17, 15) is 4.79 Å². The van der Waals surface area contributed by atoms with Gasteiger partial charge in [0.05, 0.1) is 0 Å². The van der Waals surface area contributed by atoms with Gasteiger partial charge in [-0.25, -0.2) is 9.50 Å². The molecule has 1 aliphatic carbocycles. The Balaban J connectivity index is 2.05. The second-order valence-electron chi connectivity index (χ2n) is 5.32. The van der Waals surface area contributed by atoms with Crippen molar-refractivity contribution in [2.45, 2.75) is 39.0 Å². The first-order chi connectivity index (χ1) is 9.18. The largest absolute Gasteiger partial charge is 0.382 e. The molecular formula is C14H18N4O. The van der Waals surface area contributed by atoms with E-state index in [0.29, 0.717) is 11.5 Å². The van der Waals surface area contributed by atoms with Gasteiger partial charge in [0.25, 0.3) is 0 Å². The molecule has 2 aromatic heterocycles. The Bertz CT molecular complexity index is 626. The predicted octanol–water partition coefficient (Wildman–Crippen LogP) is 2.38. The van der Waals surface area contributed by atoms with Crippen molar-refractivity contribution >= 4 is 17.1 Å². The van der Waals surface area contributed by atoms with Gasteiger partial charge in [0.1, 0.15) is 17.5 Å². The number of ketones is 1. The van der Waals surface area contributed by atoms with Crippen molar-refractivity contribution in [1.29, 1.82) is 0 Å². The van der Waals surface area contributed by atoms with Gasteiger partial charge in [0, 0.05) is 5.92 Å². The molecule has 0 aromatic carbocycles. The van der Waals surface area contributed by atoms with E-state index in [1.165, 1.54) is 12.7 Å². The third-order valence-electron chi connectivity index (χ3n) is 4.00. The molecule has 0 saturated heterocycles. The average molecular weight is 258 g/mol. The third-order valence-corrected chi connectivity index (χ3v) is 4.00. The van der Waals surface area contributed by atoms with Gasteiger partial charge in [-0.1, -0.05) is 19.3 Å². The zero-order chi connectivity index (χ0) is 13.4. The molecule has 1 saturated carbocycles. The molecule has 19 heavy (non-hydrogen) atoms. The summed E-state index contributed by atoms with van der Waals surface area (Å²) in [4.78, 5) is 16.6. The summed E-state index contributed by atoms with van der Waals surface area (Å²) in [6, 6.07) is 1.89. The molecule has 2 N–H and O–H groups in total. The van der Waals surface area contributed by atoms with Crippen LogP contribution in [0.3, 0.4) is 0 Å². The van der Waals surface area contributed by atoms with Crippen LogP contribution in [0.2, 0.25) is 0 Å². The quantitative estimate of drug-likeness (QED) is 0.839. The number of aromatic nitrogens is 3. The number of carbonyl (C=O) groups is 1. The van der Waals surface area contributed by atoms with Gasteiger partial charge >= 0.3 is 0 Å². The van der Waals surface area contributed by atoms with Crippen LogP contribution in [0.4, 0.5) is 5.82 Å². The summed E-state index contributed by atoms with van der Waals surface area (Å²) in [6.45, 7) is 1.94. The minimum absolute atomic E-state index is 0.141. The van der Waals surface area contributed by atoms with Crippen molar-refractivity contribution in [3.05, 3.63) is 23.7 Å². The highest BCUT2D eigenvalue weighted by molar-refractivity contribution is 5.98. The molecule has 5 heteroatoms. The number of anilines is 1. The molecule has 1 fully saturated rings. The lowest BCUT2D eigenvalue weighted by Gasteiger charge is -2.19. The van der Waals surface area contributed by atoms with E-state index >= 15 is 0 Å². The maximum Gasteiger partial charge on any atom is 0.184 e. The summed E-state index contributed by atoms with van der Waals surface area (Å²) < 4.78 is 1.65. The lowest BCUT2D eigenvalue weighted by molar-refractivity contribution is 0.0882. The first kappa shape index (κ1) is 12.1. The van der Waals surface area contributed by atoms with Crippen molar-refractivity contribution in [2.24, 2.45) is 5.92 Å². The van der Waals surface area contributed by atoms with Gasteiger partial charge in [0.15, 0.2) is 11.6 Å². The fourth-order valence-corrected chi connectivity index (χ4v) is 3.00. The Morgan fingerprint density at radius 3 is 2.84 bits per heavy atom. The predicted molar refractivity (Wildman–Crippen MR) is 73.0 cm³/mol. The molecule has 2 heterocycles. The van der Waals surface area contributed by atoms with Crippen LogP contribution in [0.25, 0.3) is 5.52 Å². The molecule has 2 aromatic rings. The Kier molecular flexibility index (Phi) is 2.97. The molecule has 0 unspecified atom stereocenters. The van der Waals surface area contributed by atoms with Crippen LogP contribution >= 0.6 is 0 Å². The maximum absolute atomic E-state index is 12.6. The van der Waals surface area contributed by atoms with E-state index in [1.54, 1.807) is 4.52 Å². The standard InChI is InChI=1S/C14H18N4O/c1-9-7-11(13(19)10-5-3-2-4-6-10)18-12(9)14(15)16-8-17-18/h7-8,10H,2-6H2,1H3,(H2,15,16,17). The van der Waals surface area contributed by atoms with Crippen LogP contribution in [0.15, 0.2) is 12.4 Å². The van der Waals surface area contributed by atoms with Gasteiger partial charge in [-0.05, 0) is 31.4 Å². The Morgan fingerprint density at radius 2 is 2.11 bits per heavy atom. The number of nitrogens with zero attached hydrogens (tertiary/aromatic N) is 3. The fourth-order valence-electron chi connectivity index (χ4n) is 3.00. The van der Waals surface area contributed by atoms with E-state index in [4.69, 9.17) is 5.73 Å². The third kappa shape index (κ3) is 1.99. The van der Waals surface area contributed by atoms with Crippen LogP contribution in [0, 0.1) is 12.8 Å². The lowest BCUT2D eigenvalue weighted by atomic mass is 9.85. The number of hydrogen-bond donors (Lipinski definition) is 1. The van der Waals surface area contributed by atoms with Crippen molar-refractivity contribution in [3.8, 4) is 0 Å². The maximum atomic E-state index is 12.6. The molecule has 1 aliphatic rings. The summed E-state index contributed by atoms with van der Waals surface area (Å²) in [5.41, 5.74) is 8.22.